The van der Waals surface area contributed by atoms with Crippen LogP contribution in [0.25, 0.3) is 0 Å². The molecule has 1 aromatic rings. The molecule has 3 rings (SSSR count). The molecule has 4 nitrogen and oxygen atoms in total. The predicted octanol–water partition coefficient (Wildman–Crippen LogP) is 2.31. The van der Waals surface area contributed by atoms with Gasteiger partial charge >= 0.3 is 0 Å². The van der Waals surface area contributed by atoms with Crippen molar-refractivity contribution in [3.63, 3.8) is 0 Å². The van der Waals surface area contributed by atoms with Crippen molar-refractivity contribution in [3.8, 4) is 0 Å². The third-order valence-corrected chi connectivity index (χ3v) is 3.05. The van der Waals surface area contributed by atoms with Gasteiger partial charge in [-0.25, -0.2) is 0 Å². The van der Waals surface area contributed by atoms with Crippen LogP contribution in [0, 0.1) is 0 Å². The van der Waals surface area contributed by atoms with Crippen LogP contribution in [0.2, 0.25) is 0 Å². The number of hydrogen-bond acceptors (Lipinski definition) is 4. The highest BCUT2D eigenvalue weighted by Gasteiger charge is 2.29. The molecule has 4 heteroatoms. The van der Waals surface area contributed by atoms with Gasteiger partial charge in [0.05, 0.1) is 12.6 Å². The van der Waals surface area contributed by atoms with Crippen LogP contribution in [0.15, 0.2) is 58.9 Å². The lowest BCUT2D eigenvalue weighted by molar-refractivity contribution is 0.253. The molecule has 0 saturated carbocycles. The Morgan fingerprint density at radius 3 is 2.71 bits per heavy atom. The minimum atomic E-state index is 0.175. The summed E-state index contributed by atoms with van der Waals surface area (Å²) in [6.07, 6.45) is 8.29. The van der Waals surface area contributed by atoms with Crippen LogP contribution in [0.1, 0.15) is 5.56 Å². The number of benzene rings is 1. The summed E-state index contributed by atoms with van der Waals surface area (Å²) in [4.78, 5) is 0. The lowest BCUT2D eigenvalue weighted by atomic mass is 10.0. The Kier molecular flexibility index (Phi) is 2.40. The van der Waals surface area contributed by atoms with Gasteiger partial charge in [-0.2, -0.15) is 5.11 Å². The van der Waals surface area contributed by atoms with E-state index in [0.29, 0.717) is 0 Å². The molecule has 0 bridgehead atoms. The van der Waals surface area contributed by atoms with Gasteiger partial charge in [-0.1, -0.05) is 41.7 Å². The van der Waals surface area contributed by atoms with Gasteiger partial charge < -0.3 is 5.73 Å². The third-order valence-electron chi connectivity index (χ3n) is 3.05. The molecule has 1 aliphatic heterocycles. The lowest BCUT2D eigenvalue weighted by Crippen LogP contribution is -2.32. The monoisotopic (exact) mass is 226 g/mol. The average Bonchev–Trinajstić information content (AvgIpc) is 2.76. The normalized spacial score (nSPS) is 25.3. The highest BCUT2D eigenvalue weighted by molar-refractivity contribution is 5.39. The van der Waals surface area contributed by atoms with Gasteiger partial charge in [0.1, 0.15) is 6.04 Å². The summed E-state index contributed by atoms with van der Waals surface area (Å²) in [5, 5.41) is 10.5. The maximum absolute atomic E-state index is 5.67. The number of nitrogen functional groups attached to an aromatic ring is 1. The largest absolute Gasteiger partial charge is 0.399 e. The van der Waals surface area contributed by atoms with E-state index >= 15 is 0 Å². The van der Waals surface area contributed by atoms with Crippen LogP contribution in [0.3, 0.4) is 0 Å². The molecule has 2 atom stereocenters. The second-order valence-electron chi connectivity index (χ2n) is 4.30. The van der Waals surface area contributed by atoms with E-state index in [4.69, 9.17) is 5.73 Å². The van der Waals surface area contributed by atoms with E-state index in [-0.39, 0.29) is 12.1 Å². The second-order valence-corrected chi connectivity index (χ2v) is 4.30. The number of nitrogens with zero attached hydrogens (tertiary/aromatic N) is 3. The second kappa shape index (κ2) is 4.05. The van der Waals surface area contributed by atoms with Crippen LogP contribution in [-0.2, 0) is 6.54 Å². The van der Waals surface area contributed by atoms with E-state index in [0.717, 1.165) is 12.2 Å². The summed E-state index contributed by atoms with van der Waals surface area (Å²) < 4.78 is 0. The van der Waals surface area contributed by atoms with E-state index in [1.165, 1.54) is 5.56 Å². The number of nitrogens with two attached hydrogens (primary N) is 1. The van der Waals surface area contributed by atoms with E-state index < -0.39 is 0 Å². The highest BCUT2D eigenvalue weighted by Crippen LogP contribution is 2.24. The molecule has 0 saturated heterocycles. The third kappa shape index (κ3) is 1.93. The topological polar surface area (TPSA) is 54.0 Å². The summed E-state index contributed by atoms with van der Waals surface area (Å²) >= 11 is 0. The molecule has 2 N–H and O–H groups in total. The fourth-order valence-electron chi connectivity index (χ4n) is 2.10. The molecule has 1 aromatic carbocycles. The Hall–Kier alpha value is -2.10. The molecule has 0 radical (unpaired) electrons. The molecule has 1 heterocycles. The van der Waals surface area contributed by atoms with Gasteiger partial charge in [-0.05, 0) is 17.7 Å². The number of rotatable bonds is 2. The van der Waals surface area contributed by atoms with E-state index in [9.17, 15) is 0 Å². The van der Waals surface area contributed by atoms with Crippen molar-refractivity contribution < 1.29 is 0 Å². The van der Waals surface area contributed by atoms with Crippen molar-refractivity contribution in [3.05, 3.63) is 54.1 Å². The van der Waals surface area contributed by atoms with Gasteiger partial charge in [0, 0.05) is 5.69 Å². The maximum Gasteiger partial charge on any atom is 0.117 e. The minimum absolute atomic E-state index is 0.175. The number of allylic oxidation sites excluding steroid dienone is 2. The van der Waals surface area contributed by atoms with Crippen LogP contribution in [0.4, 0.5) is 5.69 Å². The number of fused-ring (bicyclic) bond motifs is 1. The summed E-state index contributed by atoms with van der Waals surface area (Å²) in [6.45, 7) is 0.767. The van der Waals surface area contributed by atoms with Crippen molar-refractivity contribution in [2.45, 2.75) is 18.6 Å². The first kappa shape index (κ1) is 10.1. The zero-order valence-corrected chi connectivity index (χ0v) is 9.40. The van der Waals surface area contributed by atoms with Crippen molar-refractivity contribution in [2.75, 3.05) is 5.73 Å². The molecule has 1 aliphatic carbocycles. The van der Waals surface area contributed by atoms with Crippen molar-refractivity contribution in [2.24, 2.45) is 10.3 Å². The van der Waals surface area contributed by atoms with Gasteiger partial charge in [0.15, 0.2) is 0 Å². The smallest absolute Gasteiger partial charge is 0.117 e. The fraction of sp³-hybridized carbons (Fsp3) is 0.231. The van der Waals surface area contributed by atoms with Crippen LogP contribution < -0.4 is 5.73 Å². The summed E-state index contributed by atoms with van der Waals surface area (Å²) in [6, 6.07) is 8.32. The zero-order valence-electron chi connectivity index (χ0n) is 9.40. The van der Waals surface area contributed by atoms with E-state index in [2.05, 4.69) is 22.5 Å². The Bertz CT molecular complexity index is 487. The average molecular weight is 226 g/mol. The van der Waals surface area contributed by atoms with Crippen LogP contribution in [0.5, 0.6) is 0 Å². The molecule has 2 unspecified atom stereocenters. The summed E-state index contributed by atoms with van der Waals surface area (Å²) in [7, 11) is 0. The Morgan fingerprint density at radius 2 is 1.88 bits per heavy atom. The molecular formula is C13H14N4. The minimum Gasteiger partial charge on any atom is -0.399 e. The first-order valence-electron chi connectivity index (χ1n) is 5.70. The SMILES string of the molecule is Nc1ccc(CN2N=NC3C=CC=CC32)cc1. The molecule has 2 aliphatic rings. The van der Waals surface area contributed by atoms with Gasteiger partial charge in [-0.15, -0.1) is 0 Å². The predicted molar refractivity (Wildman–Crippen MR) is 67.1 cm³/mol. The quantitative estimate of drug-likeness (QED) is 0.787. The Balaban J connectivity index is 1.74. The van der Waals surface area contributed by atoms with E-state index in [1.54, 1.807) is 0 Å². The van der Waals surface area contributed by atoms with Gasteiger partial charge in [0.2, 0.25) is 0 Å². The van der Waals surface area contributed by atoms with E-state index in [1.807, 2.05) is 41.4 Å². The first-order chi connectivity index (χ1) is 8.33. The molecule has 0 aromatic heterocycles. The number of hydrogen-bond donors (Lipinski definition) is 1. The highest BCUT2D eigenvalue weighted by atomic mass is 15.6. The molecule has 86 valence electrons. The summed E-state index contributed by atoms with van der Waals surface area (Å²) in [5.74, 6) is 0. The van der Waals surface area contributed by atoms with Crippen molar-refractivity contribution >= 4 is 5.69 Å². The van der Waals surface area contributed by atoms with Crippen molar-refractivity contribution in [1.29, 1.82) is 0 Å². The Morgan fingerprint density at radius 1 is 1.12 bits per heavy atom. The van der Waals surface area contributed by atoms with Gasteiger partial charge in [0.25, 0.3) is 0 Å². The number of anilines is 1. The summed E-state index contributed by atoms with van der Waals surface area (Å²) in [5.41, 5.74) is 7.65. The van der Waals surface area contributed by atoms with Crippen LogP contribution in [-0.4, -0.2) is 17.1 Å². The fourth-order valence-corrected chi connectivity index (χ4v) is 2.10. The van der Waals surface area contributed by atoms with Crippen molar-refractivity contribution in [1.82, 2.24) is 5.01 Å². The standard InChI is InChI=1S/C13H14N4/c14-11-7-5-10(6-8-11)9-17-13-4-2-1-3-12(13)15-16-17/h1-8,12-13H,9,14H2. The van der Waals surface area contributed by atoms with Crippen LogP contribution >= 0.6 is 0 Å². The lowest BCUT2D eigenvalue weighted by Gasteiger charge is -2.23. The maximum atomic E-state index is 5.67. The molecule has 0 amide bonds. The first-order valence-corrected chi connectivity index (χ1v) is 5.70. The zero-order chi connectivity index (χ0) is 11.7. The van der Waals surface area contributed by atoms with Gasteiger partial charge in [-0.3, -0.25) is 5.01 Å². The molecule has 0 spiro atoms. The molecular weight excluding hydrogens is 212 g/mol. The molecule has 0 fully saturated rings. The Labute approximate surface area is 100 Å². The molecule has 17 heavy (non-hydrogen) atoms.